The molecule has 1 amide bonds. The van der Waals surface area contributed by atoms with Gasteiger partial charge in [0.05, 0.1) is 23.1 Å². The van der Waals surface area contributed by atoms with Crippen molar-refractivity contribution in [2.24, 2.45) is 23.2 Å². The Morgan fingerprint density at radius 1 is 1.17 bits per heavy atom. The first kappa shape index (κ1) is 19.7. The molecule has 0 heterocycles. The van der Waals surface area contributed by atoms with Gasteiger partial charge in [-0.25, -0.2) is 0 Å². The lowest BCUT2D eigenvalue weighted by atomic mass is 9.49. The number of carbonyl (C=O) groups excluding carboxylic acids is 2. The molecular formula is C21H26N2O6. The van der Waals surface area contributed by atoms with Gasteiger partial charge >= 0.3 is 5.97 Å². The lowest BCUT2D eigenvalue weighted by Crippen LogP contribution is -2.51. The number of ether oxygens (including phenoxy) is 2. The lowest BCUT2D eigenvalue weighted by Gasteiger charge is -2.55. The Hall–Kier alpha value is -2.64. The van der Waals surface area contributed by atoms with Gasteiger partial charge in [-0.05, 0) is 69.3 Å². The molecular weight excluding hydrogens is 376 g/mol. The molecule has 0 aromatic heterocycles. The summed E-state index contributed by atoms with van der Waals surface area (Å²) in [6, 6.07) is 3.94. The summed E-state index contributed by atoms with van der Waals surface area (Å²) in [5.41, 5.74) is -0.435. The van der Waals surface area contributed by atoms with E-state index >= 15 is 0 Å². The molecule has 1 atom stereocenters. The molecule has 156 valence electrons. The van der Waals surface area contributed by atoms with Crippen molar-refractivity contribution in [3.63, 3.8) is 0 Å². The topological polar surface area (TPSA) is 108 Å². The average molecular weight is 402 g/mol. The molecule has 4 aliphatic carbocycles. The summed E-state index contributed by atoms with van der Waals surface area (Å²) in [4.78, 5) is 36.1. The molecule has 4 aliphatic rings. The second-order valence-electron chi connectivity index (χ2n) is 8.88. The molecule has 4 fully saturated rings. The molecule has 1 aromatic rings. The van der Waals surface area contributed by atoms with Crippen LogP contribution in [0.2, 0.25) is 0 Å². The Kier molecular flexibility index (Phi) is 4.96. The first-order valence-corrected chi connectivity index (χ1v) is 10.1. The highest BCUT2D eigenvalue weighted by atomic mass is 16.6. The fraction of sp³-hybridized carbons (Fsp3) is 0.619. The zero-order valence-corrected chi connectivity index (χ0v) is 16.7. The number of methoxy groups -OCH3 is 1. The SMILES string of the molecule is COc1ccc([N+](=O)[O-])cc1NC(=O)[C@@H](C)OC(=O)C12CC3CC(CC(C3)C1)C2. The maximum Gasteiger partial charge on any atom is 0.312 e. The van der Waals surface area contributed by atoms with Crippen LogP contribution in [-0.2, 0) is 14.3 Å². The Morgan fingerprint density at radius 2 is 1.76 bits per heavy atom. The van der Waals surface area contributed by atoms with Crippen LogP contribution >= 0.6 is 0 Å². The van der Waals surface area contributed by atoms with Gasteiger partial charge in [-0.3, -0.25) is 19.7 Å². The Labute approximate surface area is 169 Å². The summed E-state index contributed by atoms with van der Waals surface area (Å²) in [5.74, 6) is 1.29. The van der Waals surface area contributed by atoms with Crippen LogP contribution in [0.25, 0.3) is 0 Å². The van der Waals surface area contributed by atoms with Crippen LogP contribution in [0.4, 0.5) is 11.4 Å². The highest BCUT2D eigenvalue weighted by molar-refractivity contribution is 5.97. The van der Waals surface area contributed by atoms with Crippen molar-refractivity contribution in [2.75, 3.05) is 12.4 Å². The van der Waals surface area contributed by atoms with E-state index < -0.39 is 22.3 Å². The first-order chi connectivity index (χ1) is 13.8. The minimum Gasteiger partial charge on any atom is -0.495 e. The van der Waals surface area contributed by atoms with E-state index in [0.717, 1.165) is 19.3 Å². The van der Waals surface area contributed by atoms with Crippen LogP contribution in [-0.4, -0.2) is 30.0 Å². The van der Waals surface area contributed by atoms with Gasteiger partial charge in [0.25, 0.3) is 11.6 Å². The van der Waals surface area contributed by atoms with Gasteiger partial charge < -0.3 is 14.8 Å². The van der Waals surface area contributed by atoms with Crippen LogP contribution in [0.15, 0.2) is 18.2 Å². The molecule has 0 radical (unpaired) electrons. The standard InChI is InChI=1S/C21H26N2O6/c1-12(19(24)22-17-8-16(23(26)27)3-4-18(17)28-2)29-20(25)21-9-13-5-14(10-21)7-15(6-13)11-21/h3-4,8,12-15H,5-7,9-11H2,1-2H3,(H,22,24)/t12-,13?,14?,15?,21?/m1/s1. The van der Waals surface area contributed by atoms with E-state index in [2.05, 4.69) is 5.32 Å². The highest BCUT2D eigenvalue weighted by Crippen LogP contribution is 2.60. The molecule has 0 aliphatic heterocycles. The first-order valence-electron chi connectivity index (χ1n) is 10.1. The molecule has 0 spiro atoms. The van der Waals surface area contributed by atoms with Crippen molar-refractivity contribution in [1.82, 2.24) is 0 Å². The molecule has 5 rings (SSSR count). The maximum absolute atomic E-state index is 13.0. The predicted octanol–water partition coefficient (Wildman–Crippen LogP) is 3.69. The summed E-state index contributed by atoms with van der Waals surface area (Å²) in [7, 11) is 1.41. The van der Waals surface area contributed by atoms with Crippen molar-refractivity contribution in [1.29, 1.82) is 0 Å². The van der Waals surface area contributed by atoms with Crippen LogP contribution in [0, 0.1) is 33.3 Å². The molecule has 1 N–H and O–H groups in total. The number of amides is 1. The maximum atomic E-state index is 13.0. The van der Waals surface area contributed by atoms with E-state index in [-0.39, 0.29) is 17.3 Å². The number of nitro groups is 1. The molecule has 4 saturated carbocycles. The number of esters is 1. The van der Waals surface area contributed by atoms with Gasteiger partial charge in [-0.15, -0.1) is 0 Å². The van der Waals surface area contributed by atoms with Crippen LogP contribution in [0.5, 0.6) is 5.75 Å². The second-order valence-corrected chi connectivity index (χ2v) is 8.88. The Bertz CT molecular complexity index is 816. The van der Waals surface area contributed by atoms with Crippen molar-refractivity contribution in [3.05, 3.63) is 28.3 Å². The fourth-order valence-corrected chi connectivity index (χ4v) is 5.84. The van der Waals surface area contributed by atoms with E-state index in [0.29, 0.717) is 23.5 Å². The third kappa shape index (κ3) is 3.68. The van der Waals surface area contributed by atoms with E-state index in [9.17, 15) is 19.7 Å². The molecule has 29 heavy (non-hydrogen) atoms. The fourth-order valence-electron chi connectivity index (χ4n) is 5.84. The molecule has 0 saturated heterocycles. The van der Waals surface area contributed by atoms with Crippen LogP contribution in [0.3, 0.4) is 0 Å². The second kappa shape index (κ2) is 7.31. The smallest absolute Gasteiger partial charge is 0.312 e. The number of carbonyl (C=O) groups is 2. The van der Waals surface area contributed by atoms with Crippen molar-refractivity contribution in [2.45, 2.75) is 51.6 Å². The normalized spacial score (nSPS) is 30.5. The number of nitrogens with zero attached hydrogens (tertiary/aromatic N) is 1. The van der Waals surface area contributed by atoms with E-state index in [1.165, 1.54) is 51.5 Å². The lowest BCUT2D eigenvalue weighted by molar-refractivity contribution is -0.384. The predicted molar refractivity (Wildman–Crippen MR) is 104 cm³/mol. The Balaban J connectivity index is 1.43. The third-order valence-corrected chi connectivity index (χ3v) is 6.78. The summed E-state index contributed by atoms with van der Waals surface area (Å²) in [5, 5.41) is 13.6. The van der Waals surface area contributed by atoms with Crippen molar-refractivity contribution >= 4 is 23.3 Å². The summed E-state index contributed by atoms with van der Waals surface area (Å²) >= 11 is 0. The number of hydrogen-bond acceptors (Lipinski definition) is 6. The number of rotatable bonds is 6. The van der Waals surface area contributed by atoms with Crippen LogP contribution in [0.1, 0.15) is 45.4 Å². The highest BCUT2D eigenvalue weighted by Gasteiger charge is 2.55. The summed E-state index contributed by atoms with van der Waals surface area (Å²) in [6.45, 7) is 1.53. The number of nitro benzene ring substituents is 1. The molecule has 1 aromatic carbocycles. The minimum absolute atomic E-state index is 0.167. The van der Waals surface area contributed by atoms with Crippen molar-refractivity contribution in [3.8, 4) is 5.75 Å². The summed E-state index contributed by atoms with van der Waals surface area (Å²) < 4.78 is 10.8. The van der Waals surface area contributed by atoms with E-state index in [1.807, 2.05) is 0 Å². The van der Waals surface area contributed by atoms with Gasteiger partial charge in [0.15, 0.2) is 6.10 Å². The average Bonchev–Trinajstić information content (AvgIpc) is 2.66. The molecule has 0 unspecified atom stereocenters. The van der Waals surface area contributed by atoms with Gasteiger partial charge in [0.2, 0.25) is 0 Å². The monoisotopic (exact) mass is 402 g/mol. The van der Waals surface area contributed by atoms with Gasteiger partial charge in [-0.1, -0.05) is 0 Å². The number of benzene rings is 1. The minimum atomic E-state index is -1.00. The molecule has 8 nitrogen and oxygen atoms in total. The van der Waals surface area contributed by atoms with Gasteiger partial charge in [0.1, 0.15) is 5.75 Å². The summed E-state index contributed by atoms with van der Waals surface area (Å²) in [6.07, 6.45) is 5.25. The zero-order chi connectivity index (χ0) is 20.8. The van der Waals surface area contributed by atoms with E-state index in [1.54, 1.807) is 0 Å². The zero-order valence-electron chi connectivity index (χ0n) is 16.7. The number of nitrogens with one attached hydrogen (secondary N) is 1. The third-order valence-electron chi connectivity index (χ3n) is 6.78. The van der Waals surface area contributed by atoms with Crippen molar-refractivity contribution < 1.29 is 24.0 Å². The van der Waals surface area contributed by atoms with E-state index in [4.69, 9.17) is 9.47 Å². The van der Waals surface area contributed by atoms with Crippen LogP contribution < -0.4 is 10.1 Å². The van der Waals surface area contributed by atoms with Gasteiger partial charge in [0, 0.05) is 12.1 Å². The number of anilines is 1. The molecule has 8 heteroatoms. The number of non-ortho nitro benzene ring substituents is 1. The Morgan fingerprint density at radius 3 is 2.28 bits per heavy atom. The number of hydrogen-bond donors (Lipinski definition) is 1. The molecule has 4 bridgehead atoms. The van der Waals surface area contributed by atoms with Gasteiger partial charge in [-0.2, -0.15) is 0 Å². The largest absolute Gasteiger partial charge is 0.495 e. The quantitative estimate of drug-likeness (QED) is 0.442.